The van der Waals surface area contributed by atoms with E-state index in [0.29, 0.717) is 39.4 Å². The third-order valence-corrected chi connectivity index (χ3v) is 7.26. The van der Waals surface area contributed by atoms with Crippen LogP contribution in [0.4, 0.5) is 17.1 Å². The summed E-state index contributed by atoms with van der Waals surface area (Å²) in [6, 6.07) is 15.6. The molecule has 0 spiro atoms. The minimum absolute atomic E-state index is 0. The van der Waals surface area contributed by atoms with E-state index < -0.39 is 26.7 Å². The van der Waals surface area contributed by atoms with E-state index in [9.17, 15) is 22.9 Å². The molecule has 0 radical (unpaired) electrons. The van der Waals surface area contributed by atoms with Gasteiger partial charge in [0.2, 0.25) is 0 Å². The second kappa shape index (κ2) is 12.6. The van der Waals surface area contributed by atoms with Gasteiger partial charge < -0.3 is 15.2 Å². The molecule has 1 amide bonds. The Morgan fingerprint density at radius 1 is 1.08 bits per heavy atom. The van der Waals surface area contributed by atoms with Crippen molar-refractivity contribution in [3.8, 4) is 11.5 Å². The molecule has 0 aliphatic rings. The Hall–Kier alpha value is -2.70. The van der Waals surface area contributed by atoms with E-state index in [1.54, 1.807) is 50.2 Å². The van der Waals surface area contributed by atoms with Gasteiger partial charge in [0.25, 0.3) is 16.0 Å². The van der Waals surface area contributed by atoms with Gasteiger partial charge in [0.05, 0.1) is 23.0 Å². The normalized spacial score (nSPS) is 11.4. The second-order valence-electron chi connectivity index (χ2n) is 8.07. The Labute approximate surface area is 256 Å². The molecule has 0 fully saturated rings. The van der Waals surface area contributed by atoms with Crippen molar-refractivity contribution < 1.29 is 57.2 Å². The number of halogens is 2. The molecule has 0 atom stereocenters. The van der Waals surface area contributed by atoms with Gasteiger partial charge in [0, 0.05) is 22.0 Å². The van der Waals surface area contributed by atoms with Crippen molar-refractivity contribution in [1.82, 2.24) is 0 Å². The number of nitrogens with one attached hydrogen (secondary N) is 1. The number of carbonyl (C=O) groups is 1. The monoisotopic (exact) mass is 595 g/mol. The summed E-state index contributed by atoms with van der Waals surface area (Å²) in [7, 11) is -4.76. The Balaban J connectivity index is 0.00000420. The molecule has 2 N–H and O–H groups in total. The van der Waals surface area contributed by atoms with Crippen LogP contribution in [0.3, 0.4) is 0 Å². The SMILES string of the molecule is CCOc1cc(Cl)ccc1NC(=O)c1cc2ccccc2c(N=Nc2ccc(C)c(Cl)c2S(=O)(=O)O)c1[O-].[Na+]. The molecule has 0 bridgehead atoms. The second-order valence-corrected chi connectivity index (χ2v) is 10.2. The van der Waals surface area contributed by atoms with Crippen LogP contribution in [-0.2, 0) is 10.1 Å². The standard InChI is InChI=1S/C26H21Cl2N3O6S.Na/c1-3-37-21-13-16(27)9-11-19(21)29-26(33)18-12-15-6-4-5-7-17(15)23(24(18)32)31-30-20-10-8-14(2)22(28)25(20)38(34,35)36;/h4-13,32H,3H2,1-2H3,(H,29,33)(H,34,35,36);/q;+1/p-1. The third kappa shape index (κ3) is 6.72. The molecule has 0 saturated heterocycles. The van der Waals surface area contributed by atoms with Gasteiger partial charge in [-0.1, -0.05) is 59.3 Å². The fourth-order valence-electron chi connectivity index (χ4n) is 3.71. The predicted molar refractivity (Wildman–Crippen MR) is 144 cm³/mol. The summed E-state index contributed by atoms with van der Waals surface area (Å²) in [6.07, 6.45) is 0. The fraction of sp³-hybridized carbons (Fsp3) is 0.115. The molecular weight excluding hydrogens is 576 g/mol. The topological polar surface area (TPSA) is 140 Å². The molecule has 0 saturated carbocycles. The average molecular weight is 596 g/mol. The van der Waals surface area contributed by atoms with Gasteiger partial charge in [0.15, 0.2) is 0 Å². The van der Waals surface area contributed by atoms with E-state index in [-0.39, 0.29) is 51.5 Å². The van der Waals surface area contributed by atoms with Crippen molar-refractivity contribution in [2.24, 2.45) is 10.2 Å². The largest absolute Gasteiger partial charge is 1.00 e. The molecule has 0 aliphatic heterocycles. The maximum Gasteiger partial charge on any atom is 1.00 e. The van der Waals surface area contributed by atoms with Crippen molar-refractivity contribution >= 4 is 67.1 Å². The Bertz CT molecular complexity index is 1710. The molecule has 0 aromatic heterocycles. The fourth-order valence-corrected chi connectivity index (χ4v) is 5.09. The van der Waals surface area contributed by atoms with Gasteiger partial charge in [-0.2, -0.15) is 13.5 Å². The molecule has 196 valence electrons. The van der Waals surface area contributed by atoms with Gasteiger partial charge >= 0.3 is 29.6 Å². The molecule has 13 heteroatoms. The Morgan fingerprint density at radius 2 is 1.79 bits per heavy atom. The van der Waals surface area contributed by atoms with Crippen molar-refractivity contribution in [1.29, 1.82) is 0 Å². The number of carbonyl (C=O) groups excluding carboxylic acids is 1. The number of aryl methyl sites for hydroxylation is 1. The van der Waals surface area contributed by atoms with Gasteiger partial charge in [-0.15, -0.1) is 5.11 Å². The number of hydrogen-bond acceptors (Lipinski definition) is 7. The number of nitrogens with zero attached hydrogens (tertiary/aromatic N) is 2. The smallest absolute Gasteiger partial charge is 0.870 e. The number of anilines is 1. The van der Waals surface area contributed by atoms with Crippen LogP contribution in [0.2, 0.25) is 10.0 Å². The van der Waals surface area contributed by atoms with E-state index in [1.807, 2.05) is 0 Å². The van der Waals surface area contributed by atoms with Crippen LogP contribution in [0.25, 0.3) is 10.8 Å². The van der Waals surface area contributed by atoms with Crippen molar-refractivity contribution in [2.75, 3.05) is 11.9 Å². The van der Waals surface area contributed by atoms with Crippen molar-refractivity contribution in [2.45, 2.75) is 18.7 Å². The summed E-state index contributed by atoms with van der Waals surface area (Å²) in [5.41, 5.74) is -0.00658. The van der Waals surface area contributed by atoms with Gasteiger partial charge in [-0.25, -0.2) is 0 Å². The van der Waals surface area contributed by atoms with Crippen LogP contribution in [0.5, 0.6) is 11.5 Å². The summed E-state index contributed by atoms with van der Waals surface area (Å²) in [6.45, 7) is 3.66. The molecule has 9 nitrogen and oxygen atoms in total. The van der Waals surface area contributed by atoms with Crippen LogP contribution in [0, 0.1) is 6.92 Å². The average Bonchev–Trinajstić information content (AvgIpc) is 2.86. The van der Waals surface area contributed by atoms with E-state index in [2.05, 4.69) is 15.5 Å². The summed E-state index contributed by atoms with van der Waals surface area (Å²) in [4.78, 5) is 12.6. The van der Waals surface area contributed by atoms with Crippen molar-refractivity contribution in [3.05, 3.63) is 81.8 Å². The predicted octanol–water partition coefficient (Wildman–Crippen LogP) is 3.85. The molecule has 0 heterocycles. The molecule has 4 rings (SSSR count). The van der Waals surface area contributed by atoms with Crippen LogP contribution in [0.15, 0.2) is 75.8 Å². The first-order valence-electron chi connectivity index (χ1n) is 11.2. The van der Waals surface area contributed by atoms with Crippen LogP contribution in [0.1, 0.15) is 22.8 Å². The number of ether oxygens (including phenoxy) is 1. The minimum atomic E-state index is -4.76. The van der Waals surface area contributed by atoms with Crippen LogP contribution in [-0.4, -0.2) is 25.5 Å². The minimum Gasteiger partial charge on any atom is -0.870 e. The van der Waals surface area contributed by atoms with Crippen LogP contribution >= 0.6 is 23.2 Å². The van der Waals surface area contributed by atoms with Gasteiger partial charge in [-0.05, 0) is 49.1 Å². The van der Waals surface area contributed by atoms with E-state index in [0.717, 1.165) is 0 Å². The Kier molecular flexibility index (Phi) is 10.0. The first kappa shape index (κ1) is 30.8. The maximum absolute atomic E-state index is 13.4. The zero-order valence-electron chi connectivity index (χ0n) is 21.0. The molecule has 0 aliphatic carbocycles. The summed E-state index contributed by atoms with van der Waals surface area (Å²) < 4.78 is 39.1. The number of benzene rings is 4. The first-order chi connectivity index (χ1) is 18.0. The van der Waals surface area contributed by atoms with E-state index >= 15 is 0 Å². The Morgan fingerprint density at radius 3 is 2.49 bits per heavy atom. The summed E-state index contributed by atoms with van der Waals surface area (Å²) in [5.74, 6) is -1.14. The first-order valence-corrected chi connectivity index (χ1v) is 13.4. The summed E-state index contributed by atoms with van der Waals surface area (Å²) in [5, 5.41) is 25.1. The molecule has 0 unspecified atom stereocenters. The molecule has 4 aromatic carbocycles. The van der Waals surface area contributed by atoms with Gasteiger partial charge in [-0.3, -0.25) is 9.35 Å². The molecular formula is C26H20Cl2N3NaO6S. The quantitative estimate of drug-likeness (QED) is 0.189. The van der Waals surface area contributed by atoms with E-state index in [1.165, 1.54) is 24.3 Å². The van der Waals surface area contributed by atoms with Gasteiger partial charge in [0.1, 0.15) is 16.3 Å². The number of fused-ring (bicyclic) bond motifs is 1. The zero-order chi connectivity index (χ0) is 27.6. The number of hydrogen-bond donors (Lipinski definition) is 2. The van der Waals surface area contributed by atoms with E-state index in [4.69, 9.17) is 27.9 Å². The number of rotatable bonds is 7. The maximum atomic E-state index is 13.4. The molecule has 4 aromatic rings. The summed E-state index contributed by atoms with van der Waals surface area (Å²) >= 11 is 12.1. The zero-order valence-corrected chi connectivity index (χ0v) is 25.4. The van der Waals surface area contributed by atoms with Crippen LogP contribution < -0.4 is 44.7 Å². The van der Waals surface area contributed by atoms with Crippen molar-refractivity contribution in [3.63, 3.8) is 0 Å². The number of amides is 1. The number of azo groups is 1. The third-order valence-electron chi connectivity index (χ3n) is 5.50. The molecule has 39 heavy (non-hydrogen) atoms.